The zero-order valence-corrected chi connectivity index (χ0v) is 10.1. The van der Waals surface area contributed by atoms with E-state index < -0.39 is 5.79 Å². The molecule has 0 aliphatic heterocycles. The van der Waals surface area contributed by atoms with Gasteiger partial charge in [0.05, 0.1) is 0 Å². The summed E-state index contributed by atoms with van der Waals surface area (Å²) in [4.78, 5) is 0. The van der Waals surface area contributed by atoms with Crippen LogP contribution in [0, 0.1) is 0 Å². The molecule has 0 bridgehead atoms. The maximum Gasteiger partial charge on any atom is 0.174 e. The van der Waals surface area contributed by atoms with Gasteiger partial charge in [0.15, 0.2) is 5.79 Å². The molecule has 2 nitrogen and oxygen atoms in total. The molecule has 0 radical (unpaired) electrons. The Morgan fingerprint density at radius 3 is 2.38 bits per heavy atom. The second-order valence-corrected chi connectivity index (χ2v) is 4.43. The molecule has 1 unspecified atom stereocenters. The largest absolute Gasteiger partial charge is 0.353 e. The van der Waals surface area contributed by atoms with Crippen molar-refractivity contribution in [2.24, 2.45) is 0 Å². The van der Waals surface area contributed by atoms with Crippen LogP contribution in [-0.2, 0) is 9.47 Å². The second kappa shape index (κ2) is 4.98. The van der Waals surface area contributed by atoms with Gasteiger partial charge in [0, 0.05) is 26.6 Å². The zero-order chi connectivity index (χ0) is 11.4. The molecule has 1 aliphatic rings. The predicted molar refractivity (Wildman–Crippen MR) is 64.4 cm³/mol. The Labute approximate surface area is 97.6 Å². The smallest absolute Gasteiger partial charge is 0.174 e. The highest BCUT2D eigenvalue weighted by Crippen LogP contribution is 2.43. The van der Waals surface area contributed by atoms with Gasteiger partial charge in [0.2, 0.25) is 0 Å². The molecule has 88 valence electrons. The average molecular weight is 220 g/mol. The van der Waals surface area contributed by atoms with Crippen LogP contribution in [0.5, 0.6) is 0 Å². The van der Waals surface area contributed by atoms with E-state index >= 15 is 0 Å². The van der Waals surface area contributed by atoms with Crippen LogP contribution in [0.1, 0.15) is 37.2 Å². The Kier molecular flexibility index (Phi) is 3.62. The summed E-state index contributed by atoms with van der Waals surface area (Å²) < 4.78 is 11.3. The van der Waals surface area contributed by atoms with E-state index in [1.54, 1.807) is 14.2 Å². The molecular formula is C14H20O2. The molecule has 1 fully saturated rings. The summed E-state index contributed by atoms with van der Waals surface area (Å²) in [7, 11) is 3.51. The third-order valence-electron chi connectivity index (χ3n) is 3.69. The van der Waals surface area contributed by atoms with Gasteiger partial charge in [-0.15, -0.1) is 0 Å². The molecule has 1 atom stereocenters. The first kappa shape index (κ1) is 11.6. The summed E-state index contributed by atoms with van der Waals surface area (Å²) in [5.41, 5.74) is 1.32. The van der Waals surface area contributed by atoms with Gasteiger partial charge in [-0.3, -0.25) is 0 Å². The molecule has 1 aliphatic carbocycles. The molecule has 0 aromatic heterocycles. The first-order valence-corrected chi connectivity index (χ1v) is 5.97. The molecule has 0 N–H and O–H groups in total. The fourth-order valence-electron chi connectivity index (χ4n) is 2.79. The highest BCUT2D eigenvalue weighted by atomic mass is 16.7. The summed E-state index contributed by atoms with van der Waals surface area (Å²) in [6.45, 7) is 0. The third kappa shape index (κ3) is 2.00. The molecule has 2 heteroatoms. The summed E-state index contributed by atoms with van der Waals surface area (Å²) >= 11 is 0. The van der Waals surface area contributed by atoms with E-state index in [-0.39, 0.29) is 0 Å². The van der Waals surface area contributed by atoms with Crippen molar-refractivity contribution >= 4 is 0 Å². The monoisotopic (exact) mass is 220 g/mol. The average Bonchev–Trinajstić information content (AvgIpc) is 2.39. The Balaban J connectivity index is 2.29. The van der Waals surface area contributed by atoms with E-state index in [0.717, 1.165) is 12.8 Å². The van der Waals surface area contributed by atoms with E-state index in [1.165, 1.54) is 18.4 Å². The van der Waals surface area contributed by atoms with Gasteiger partial charge in [-0.1, -0.05) is 36.8 Å². The lowest BCUT2D eigenvalue weighted by Gasteiger charge is -2.42. The van der Waals surface area contributed by atoms with E-state index in [0.29, 0.717) is 5.92 Å². The lowest BCUT2D eigenvalue weighted by atomic mass is 9.78. The maximum absolute atomic E-state index is 5.67. The second-order valence-electron chi connectivity index (χ2n) is 4.43. The third-order valence-corrected chi connectivity index (χ3v) is 3.69. The fourth-order valence-corrected chi connectivity index (χ4v) is 2.79. The highest BCUT2D eigenvalue weighted by Gasteiger charge is 2.41. The Morgan fingerprint density at radius 2 is 1.75 bits per heavy atom. The van der Waals surface area contributed by atoms with Gasteiger partial charge in [0.1, 0.15) is 0 Å². The van der Waals surface area contributed by atoms with Crippen LogP contribution in [-0.4, -0.2) is 20.0 Å². The molecule has 0 saturated heterocycles. The molecular weight excluding hydrogens is 200 g/mol. The van der Waals surface area contributed by atoms with E-state index in [4.69, 9.17) is 9.47 Å². The summed E-state index contributed by atoms with van der Waals surface area (Å²) in [6, 6.07) is 10.6. The Bertz CT molecular complexity index is 317. The van der Waals surface area contributed by atoms with E-state index in [9.17, 15) is 0 Å². The van der Waals surface area contributed by atoms with Crippen LogP contribution in [0.3, 0.4) is 0 Å². The minimum atomic E-state index is -0.417. The van der Waals surface area contributed by atoms with Crippen molar-refractivity contribution in [1.29, 1.82) is 0 Å². The normalized spacial score (nSPS) is 24.2. The topological polar surface area (TPSA) is 18.5 Å². The first-order chi connectivity index (χ1) is 7.82. The molecule has 2 rings (SSSR count). The van der Waals surface area contributed by atoms with Crippen molar-refractivity contribution in [1.82, 2.24) is 0 Å². The minimum absolute atomic E-state index is 0.359. The van der Waals surface area contributed by atoms with Crippen molar-refractivity contribution < 1.29 is 9.47 Å². The summed E-state index contributed by atoms with van der Waals surface area (Å²) in [5, 5.41) is 0. The number of rotatable bonds is 3. The van der Waals surface area contributed by atoms with Gasteiger partial charge in [-0.05, 0) is 18.4 Å². The number of hydrogen-bond acceptors (Lipinski definition) is 2. The van der Waals surface area contributed by atoms with Crippen LogP contribution in [0.4, 0.5) is 0 Å². The molecule has 16 heavy (non-hydrogen) atoms. The van der Waals surface area contributed by atoms with Crippen molar-refractivity contribution in [2.75, 3.05) is 14.2 Å². The van der Waals surface area contributed by atoms with Crippen LogP contribution >= 0.6 is 0 Å². The predicted octanol–water partition coefficient (Wildman–Crippen LogP) is 3.33. The van der Waals surface area contributed by atoms with Crippen molar-refractivity contribution in [3.8, 4) is 0 Å². The van der Waals surface area contributed by atoms with Crippen LogP contribution in [0.15, 0.2) is 30.3 Å². The van der Waals surface area contributed by atoms with Gasteiger partial charge < -0.3 is 9.47 Å². The molecule has 1 aromatic rings. The number of hydrogen-bond donors (Lipinski definition) is 0. The fraction of sp³-hybridized carbons (Fsp3) is 0.571. The van der Waals surface area contributed by atoms with Crippen LogP contribution in [0.2, 0.25) is 0 Å². The van der Waals surface area contributed by atoms with Crippen molar-refractivity contribution in [2.45, 2.75) is 37.4 Å². The standard InChI is InChI=1S/C14H20O2/c1-15-14(16-2)11-7-6-10-13(14)12-8-4-3-5-9-12/h3-5,8-9,13H,6-7,10-11H2,1-2H3. The zero-order valence-electron chi connectivity index (χ0n) is 10.1. The Morgan fingerprint density at radius 1 is 1.06 bits per heavy atom. The van der Waals surface area contributed by atoms with E-state index in [1.807, 2.05) is 6.07 Å². The first-order valence-electron chi connectivity index (χ1n) is 5.97. The highest BCUT2D eigenvalue weighted by molar-refractivity contribution is 5.22. The van der Waals surface area contributed by atoms with Crippen molar-refractivity contribution in [3.63, 3.8) is 0 Å². The summed E-state index contributed by atoms with van der Waals surface area (Å²) in [6.07, 6.45) is 4.57. The maximum atomic E-state index is 5.67. The molecule has 1 saturated carbocycles. The lowest BCUT2D eigenvalue weighted by molar-refractivity contribution is -0.235. The van der Waals surface area contributed by atoms with Crippen LogP contribution < -0.4 is 0 Å². The minimum Gasteiger partial charge on any atom is -0.353 e. The lowest BCUT2D eigenvalue weighted by Crippen LogP contribution is -2.42. The summed E-state index contributed by atoms with van der Waals surface area (Å²) in [5.74, 6) is -0.0583. The molecule has 0 heterocycles. The molecule has 0 amide bonds. The van der Waals surface area contributed by atoms with Gasteiger partial charge in [0.25, 0.3) is 0 Å². The molecule has 1 aromatic carbocycles. The van der Waals surface area contributed by atoms with Gasteiger partial charge >= 0.3 is 0 Å². The van der Waals surface area contributed by atoms with Gasteiger partial charge in [-0.25, -0.2) is 0 Å². The SMILES string of the molecule is COC1(OC)CCCCC1c1ccccc1. The Hall–Kier alpha value is -0.860. The molecule has 0 spiro atoms. The quantitative estimate of drug-likeness (QED) is 0.727. The number of ether oxygens (including phenoxy) is 2. The van der Waals surface area contributed by atoms with E-state index in [2.05, 4.69) is 24.3 Å². The van der Waals surface area contributed by atoms with Crippen LogP contribution in [0.25, 0.3) is 0 Å². The van der Waals surface area contributed by atoms with Gasteiger partial charge in [-0.2, -0.15) is 0 Å². The van der Waals surface area contributed by atoms with Crippen molar-refractivity contribution in [3.05, 3.63) is 35.9 Å². The number of methoxy groups -OCH3 is 2. The number of benzene rings is 1.